The summed E-state index contributed by atoms with van der Waals surface area (Å²) in [5.41, 5.74) is 1.15. The van der Waals surface area contributed by atoms with Crippen molar-refractivity contribution in [3.8, 4) is 0 Å². The van der Waals surface area contributed by atoms with E-state index >= 15 is 0 Å². The molecule has 2 aromatic rings. The molecule has 2 aromatic carbocycles. The molecule has 0 bridgehead atoms. The highest BCUT2D eigenvalue weighted by Crippen LogP contribution is 2.24. The molecule has 2 rings (SSSR count). The van der Waals surface area contributed by atoms with E-state index in [4.69, 9.17) is 0 Å². The number of rotatable bonds is 3. The summed E-state index contributed by atoms with van der Waals surface area (Å²) in [7, 11) is -3.78. The van der Waals surface area contributed by atoms with Gasteiger partial charge in [-0.05, 0) is 37.1 Å². The first-order valence-electron chi connectivity index (χ1n) is 5.75. The normalized spacial score (nSPS) is 11.3. The number of hydrogen-bond donors (Lipinski definition) is 1. The lowest BCUT2D eigenvalue weighted by Crippen LogP contribution is -2.16. The number of halogens is 1. The first-order valence-corrected chi connectivity index (χ1v) is 7.24. The summed E-state index contributed by atoms with van der Waals surface area (Å²) in [6.45, 7) is 3.35. The van der Waals surface area contributed by atoms with Crippen molar-refractivity contribution < 1.29 is 12.8 Å². The second-order valence-corrected chi connectivity index (χ2v) is 5.95. The van der Waals surface area contributed by atoms with Crippen molar-refractivity contribution in [3.63, 3.8) is 0 Å². The molecule has 100 valence electrons. The van der Waals surface area contributed by atoms with Crippen molar-refractivity contribution in [1.29, 1.82) is 0 Å². The van der Waals surface area contributed by atoms with Crippen LogP contribution in [-0.4, -0.2) is 8.42 Å². The fraction of sp³-hybridized carbons (Fsp3) is 0.143. The van der Waals surface area contributed by atoms with Crippen LogP contribution < -0.4 is 4.72 Å². The van der Waals surface area contributed by atoms with E-state index in [2.05, 4.69) is 4.72 Å². The van der Waals surface area contributed by atoms with E-state index in [1.54, 1.807) is 38.1 Å². The van der Waals surface area contributed by atoms with Crippen molar-refractivity contribution in [2.75, 3.05) is 4.72 Å². The predicted molar refractivity (Wildman–Crippen MR) is 73.1 cm³/mol. The molecule has 5 heteroatoms. The van der Waals surface area contributed by atoms with Gasteiger partial charge >= 0.3 is 0 Å². The van der Waals surface area contributed by atoms with Crippen LogP contribution in [0.2, 0.25) is 0 Å². The van der Waals surface area contributed by atoms with Crippen molar-refractivity contribution in [3.05, 3.63) is 59.4 Å². The van der Waals surface area contributed by atoms with Crippen LogP contribution in [0.5, 0.6) is 0 Å². The molecule has 0 radical (unpaired) electrons. The zero-order chi connectivity index (χ0) is 14.0. The number of nitrogens with one attached hydrogen (secondary N) is 1. The molecule has 0 aliphatic rings. The van der Waals surface area contributed by atoms with Crippen molar-refractivity contribution in [2.45, 2.75) is 18.7 Å². The summed E-state index contributed by atoms with van der Waals surface area (Å²) in [4.78, 5) is 0.151. The zero-order valence-electron chi connectivity index (χ0n) is 10.6. The second-order valence-electron chi connectivity index (χ2n) is 4.30. The Bertz CT molecular complexity index is 691. The third-order valence-electron chi connectivity index (χ3n) is 2.84. The van der Waals surface area contributed by atoms with Crippen LogP contribution in [0, 0.1) is 19.7 Å². The van der Waals surface area contributed by atoms with E-state index in [0.717, 1.165) is 0 Å². The fourth-order valence-electron chi connectivity index (χ4n) is 1.81. The summed E-state index contributed by atoms with van der Waals surface area (Å²) in [6.07, 6.45) is 0. The van der Waals surface area contributed by atoms with E-state index in [-0.39, 0.29) is 10.6 Å². The van der Waals surface area contributed by atoms with Gasteiger partial charge in [0.2, 0.25) is 0 Å². The predicted octanol–water partition coefficient (Wildman–Crippen LogP) is 3.24. The van der Waals surface area contributed by atoms with Gasteiger partial charge in [0.1, 0.15) is 5.82 Å². The average molecular weight is 279 g/mol. The SMILES string of the molecule is Cc1ccccc1S(=O)(=O)Nc1c(C)cccc1F. The summed E-state index contributed by atoms with van der Waals surface area (Å²) < 4.78 is 40.5. The Labute approximate surface area is 112 Å². The number of para-hydroxylation sites is 1. The van der Waals surface area contributed by atoms with Crippen LogP contribution in [-0.2, 0) is 10.0 Å². The summed E-state index contributed by atoms with van der Waals surface area (Å²) in [5, 5.41) is 0. The van der Waals surface area contributed by atoms with Crippen LogP contribution >= 0.6 is 0 Å². The Morgan fingerprint density at radius 2 is 1.58 bits per heavy atom. The van der Waals surface area contributed by atoms with Gasteiger partial charge in [0.15, 0.2) is 0 Å². The second kappa shape index (κ2) is 5.01. The standard InChI is InChI=1S/C14H14FNO2S/c1-10-6-3-4-9-13(10)19(17,18)16-14-11(2)7-5-8-12(14)15/h3-9,16H,1-2H3. The molecule has 3 nitrogen and oxygen atoms in total. The zero-order valence-corrected chi connectivity index (χ0v) is 11.5. The first-order chi connectivity index (χ1) is 8.92. The number of benzene rings is 2. The van der Waals surface area contributed by atoms with E-state index < -0.39 is 15.8 Å². The molecular weight excluding hydrogens is 265 g/mol. The molecule has 0 aliphatic carbocycles. The Hall–Kier alpha value is -1.88. The molecule has 0 atom stereocenters. The van der Waals surface area contributed by atoms with Gasteiger partial charge in [0, 0.05) is 0 Å². The van der Waals surface area contributed by atoms with Gasteiger partial charge in [-0.3, -0.25) is 4.72 Å². The first kappa shape index (κ1) is 13.5. The van der Waals surface area contributed by atoms with Crippen LogP contribution in [0.4, 0.5) is 10.1 Å². The van der Waals surface area contributed by atoms with Gasteiger partial charge in [-0.25, -0.2) is 12.8 Å². The molecule has 0 fully saturated rings. The average Bonchev–Trinajstić information content (AvgIpc) is 2.34. The molecule has 1 N–H and O–H groups in total. The topological polar surface area (TPSA) is 46.2 Å². The van der Waals surface area contributed by atoms with E-state index in [0.29, 0.717) is 11.1 Å². The molecule has 0 saturated heterocycles. The lowest BCUT2D eigenvalue weighted by Gasteiger charge is -2.12. The maximum absolute atomic E-state index is 13.7. The Balaban J connectivity index is 2.46. The highest BCUT2D eigenvalue weighted by molar-refractivity contribution is 7.92. The lowest BCUT2D eigenvalue weighted by molar-refractivity contribution is 0.598. The molecule has 0 aliphatic heterocycles. The van der Waals surface area contributed by atoms with E-state index in [1.165, 1.54) is 18.2 Å². The van der Waals surface area contributed by atoms with Gasteiger partial charge in [0.25, 0.3) is 10.0 Å². The largest absolute Gasteiger partial charge is 0.276 e. The van der Waals surface area contributed by atoms with E-state index in [1.807, 2.05) is 0 Å². The highest BCUT2D eigenvalue weighted by Gasteiger charge is 2.19. The smallest absolute Gasteiger partial charge is 0.262 e. The minimum atomic E-state index is -3.78. The summed E-state index contributed by atoms with van der Waals surface area (Å²) in [5.74, 6) is -0.586. The third-order valence-corrected chi connectivity index (χ3v) is 4.35. The van der Waals surface area contributed by atoms with Crippen LogP contribution in [0.3, 0.4) is 0 Å². The van der Waals surface area contributed by atoms with Crippen LogP contribution in [0.25, 0.3) is 0 Å². The van der Waals surface area contributed by atoms with Crippen molar-refractivity contribution in [1.82, 2.24) is 0 Å². The van der Waals surface area contributed by atoms with Gasteiger partial charge in [-0.15, -0.1) is 0 Å². The quantitative estimate of drug-likeness (QED) is 0.937. The molecule has 0 saturated carbocycles. The number of anilines is 1. The van der Waals surface area contributed by atoms with Crippen molar-refractivity contribution >= 4 is 15.7 Å². The third kappa shape index (κ3) is 2.76. The van der Waals surface area contributed by atoms with E-state index in [9.17, 15) is 12.8 Å². The fourth-order valence-corrected chi connectivity index (χ4v) is 3.20. The Morgan fingerprint density at radius 1 is 0.947 bits per heavy atom. The van der Waals surface area contributed by atoms with Gasteiger partial charge in [-0.2, -0.15) is 0 Å². The molecule has 0 unspecified atom stereocenters. The highest BCUT2D eigenvalue weighted by atomic mass is 32.2. The number of hydrogen-bond acceptors (Lipinski definition) is 2. The van der Waals surface area contributed by atoms with Crippen LogP contribution in [0.1, 0.15) is 11.1 Å². The molecule has 0 amide bonds. The van der Waals surface area contributed by atoms with Gasteiger partial charge in [-0.1, -0.05) is 30.3 Å². The molecule has 19 heavy (non-hydrogen) atoms. The maximum Gasteiger partial charge on any atom is 0.262 e. The maximum atomic E-state index is 13.7. The number of sulfonamides is 1. The minimum absolute atomic E-state index is 0.00856. The van der Waals surface area contributed by atoms with Gasteiger partial charge in [0.05, 0.1) is 10.6 Å². The molecule has 0 spiro atoms. The van der Waals surface area contributed by atoms with Crippen molar-refractivity contribution in [2.24, 2.45) is 0 Å². The Morgan fingerprint density at radius 3 is 2.21 bits per heavy atom. The lowest BCUT2D eigenvalue weighted by atomic mass is 10.2. The monoisotopic (exact) mass is 279 g/mol. The minimum Gasteiger partial charge on any atom is -0.276 e. The summed E-state index contributed by atoms with van der Waals surface area (Å²) >= 11 is 0. The number of aryl methyl sites for hydroxylation is 2. The van der Waals surface area contributed by atoms with Gasteiger partial charge < -0.3 is 0 Å². The molecule has 0 aromatic heterocycles. The molecular formula is C14H14FNO2S. The Kier molecular flexibility index (Phi) is 3.57. The summed E-state index contributed by atoms with van der Waals surface area (Å²) in [6, 6.07) is 11.0. The molecule has 0 heterocycles. The van der Waals surface area contributed by atoms with Crippen LogP contribution in [0.15, 0.2) is 47.4 Å².